The normalized spacial score (nSPS) is 16.6. The Hall–Kier alpha value is -3.00. The summed E-state index contributed by atoms with van der Waals surface area (Å²) < 4.78 is 7.52. The number of fused-ring (bicyclic) bond motifs is 1. The minimum atomic E-state index is -0.335. The van der Waals surface area contributed by atoms with Crippen LogP contribution in [0.3, 0.4) is 0 Å². The molecule has 2 unspecified atom stereocenters. The van der Waals surface area contributed by atoms with Crippen molar-refractivity contribution in [2.24, 2.45) is 17.6 Å². The maximum Gasteiger partial charge on any atom is 0.258 e. The first kappa shape index (κ1) is 22.7. The molecule has 3 rings (SSSR count). The van der Waals surface area contributed by atoms with Crippen LogP contribution in [0, 0.1) is 30.1 Å². The number of nitrogens with zero attached hydrogens (tertiary/aromatic N) is 2. The number of aromatic nitrogens is 1. The lowest BCUT2D eigenvalue weighted by atomic mass is 9.81. The highest BCUT2D eigenvalue weighted by Gasteiger charge is 2.34. The SMILES string of the molecule is Cc1cc2c(c(=O)n1Cc1ccccc1)C(CC(C)CCCC(C)C)C(C#N)=C(N)O2. The van der Waals surface area contributed by atoms with Crippen LogP contribution in [-0.2, 0) is 6.54 Å². The third-order valence-electron chi connectivity index (χ3n) is 6.11. The van der Waals surface area contributed by atoms with Gasteiger partial charge in [-0.15, -0.1) is 0 Å². The monoisotopic (exact) mass is 419 g/mol. The maximum atomic E-state index is 13.6. The molecule has 5 heteroatoms. The highest BCUT2D eigenvalue weighted by Crippen LogP contribution is 2.40. The van der Waals surface area contributed by atoms with Crippen molar-refractivity contribution in [3.8, 4) is 11.8 Å². The first-order valence-corrected chi connectivity index (χ1v) is 11.2. The van der Waals surface area contributed by atoms with Gasteiger partial charge in [0.2, 0.25) is 5.88 Å². The highest BCUT2D eigenvalue weighted by molar-refractivity contribution is 5.49. The summed E-state index contributed by atoms with van der Waals surface area (Å²) in [4.78, 5) is 13.6. The Morgan fingerprint density at radius 2 is 1.90 bits per heavy atom. The molecule has 2 aromatic rings. The highest BCUT2D eigenvalue weighted by atomic mass is 16.5. The number of ether oxygens (including phenoxy) is 1. The Bertz CT molecular complexity index is 1040. The minimum Gasteiger partial charge on any atom is -0.440 e. The molecule has 2 heterocycles. The zero-order valence-electron chi connectivity index (χ0n) is 19.0. The van der Waals surface area contributed by atoms with Gasteiger partial charge in [-0.3, -0.25) is 4.79 Å². The second-order valence-corrected chi connectivity index (χ2v) is 9.15. The number of hydrogen-bond donors (Lipinski definition) is 1. The fourth-order valence-corrected chi connectivity index (χ4v) is 4.38. The number of aryl methyl sites for hydroxylation is 1. The van der Waals surface area contributed by atoms with Gasteiger partial charge >= 0.3 is 0 Å². The fourth-order valence-electron chi connectivity index (χ4n) is 4.38. The summed E-state index contributed by atoms with van der Waals surface area (Å²) in [5, 5.41) is 9.79. The van der Waals surface area contributed by atoms with E-state index >= 15 is 0 Å². The van der Waals surface area contributed by atoms with E-state index in [4.69, 9.17) is 10.5 Å². The molecular weight excluding hydrogens is 386 g/mol. The summed E-state index contributed by atoms with van der Waals surface area (Å²) in [5.41, 5.74) is 8.79. The number of benzene rings is 1. The van der Waals surface area contributed by atoms with E-state index in [1.807, 2.05) is 43.3 Å². The van der Waals surface area contributed by atoms with Gasteiger partial charge in [0.15, 0.2) is 0 Å². The lowest BCUT2D eigenvalue weighted by molar-refractivity contribution is 0.359. The van der Waals surface area contributed by atoms with Crippen molar-refractivity contribution >= 4 is 0 Å². The Morgan fingerprint density at radius 1 is 1.19 bits per heavy atom. The van der Waals surface area contributed by atoms with Crippen LogP contribution in [0.1, 0.15) is 69.2 Å². The lowest BCUT2D eigenvalue weighted by Gasteiger charge is -2.29. The molecule has 0 fully saturated rings. The van der Waals surface area contributed by atoms with Gasteiger partial charge in [-0.05, 0) is 30.7 Å². The van der Waals surface area contributed by atoms with Gasteiger partial charge in [0.25, 0.3) is 5.56 Å². The zero-order chi connectivity index (χ0) is 22.5. The number of hydrogen-bond acceptors (Lipinski definition) is 4. The van der Waals surface area contributed by atoms with Crippen molar-refractivity contribution in [1.82, 2.24) is 4.57 Å². The number of nitriles is 1. The summed E-state index contributed by atoms with van der Waals surface area (Å²) in [6.07, 6.45) is 4.10. The molecule has 31 heavy (non-hydrogen) atoms. The Morgan fingerprint density at radius 3 is 2.55 bits per heavy atom. The molecule has 1 aliphatic heterocycles. The standard InChI is InChI=1S/C26H33N3O2/c1-17(2)9-8-10-18(3)13-21-22(15-27)25(28)31-23-14-19(4)29(26(30)24(21)23)16-20-11-6-5-7-12-20/h5-7,11-12,14,17-18,21H,8-10,13,16,28H2,1-4H3. The van der Waals surface area contributed by atoms with Crippen LogP contribution >= 0.6 is 0 Å². The van der Waals surface area contributed by atoms with Gasteiger partial charge in [-0.2, -0.15) is 5.26 Å². The van der Waals surface area contributed by atoms with Gasteiger partial charge in [0.05, 0.1) is 17.7 Å². The number of rotatable bonds is 8. The third-order valence-corrected chi connectivity index (χ3v) is 6.11. The van der Waals surface area contributed by atoms with Crippen molar-refractivity contribution in [3.05, 3.63) is 75.0 Å². The molecule has 5 nitrogen and oxygen atoms in total. The van der Waals surface area contributed by atoms with E-state index in [0.29, 0.717) is 41.7 Å². The second-order valence-electron chi connectivity index (χ2n) is 9.15. The largest absolute Gasteiger partial charge is 0.440 e. The molecule has 0 amide bonds. The molecule has 0 saturated heterocycles. The molecule has 0 spiro atoms. The van der Waals surface area contributed by atoms with Crippen molar-refractivity contribution in [2.45, 2.75) is 65.8 Å². The van der Waals surface area contributed by atoms with Crippen LogP contribution in [0.15, 0.2) is 52.6 Å². The van der Waals surface area contributed by atoms with Crippen LogP contribution in [0.4, 0.5) is 0 Å². The lowest BCUT2D eigenvalue weighted by Crippen LogP contribution is -2.33. The molecule has 2 N–H and O–H groups in total. The van der Waals surface area contributed by atoms with E-state index in [0.717, 1.165) is 24.1 Å². The average Bonchev–Trinajstić information content (AvgIpc) is 2.71. The van der Waals surface area contributed by atoms with Crippen molar-refractivity contribution < 1.29 is 4.74 Å². The summed E-state index contributed by atoms with van der Waals surface area (Å²) in [7, 11) is 0. The molecule has 1 aliphatic rings. The number of nitrogens with two attached hydrogens (primary N) is 1. The van der Waals surface area contributed by atoms with Gasteiger partial charge in [0, 0.05) is 17.7 Å². The quantitative estimate of drug-likeness (QED) is 0.635. The number of allylic oxidation sites excluding steroid dienone is 1. The van der Waals surface area contributed by atoms with Crippen LogP contribution in [-0.4, -0.2) is 4.57 Å². The predicted octanol–water partition coefficient (Wildman–Crippen LogP) is 5.23. The fraction of sp³-hybridized carbons (Fsp3) is 0.462. The predicted molar refractivity (Wildman–Crippen MR) is 124 cm³/mol. The van der Waals surface area contributed by atoms with E-state index in [2.05, 4.69) is 26.8 Å². The van der Waals surface area contributed by atoms with Crippen LogP contribution < -0.4 is 16.0 Å². The van der Waals surface area contributed by atoms with Crippen LogP contribution in [0.25, 0.3) is 0 Å². The summed E-state index contributed by atoms with van der Waals surface area (Å²) in [6.45, 7) is 9.04. The zero-order valence-corrected chi connectivity index (χ0v) is 19.0. The molecule has 0 aliphatic carbocycles. The molecule has 1 aromatic carbocycles. The molecule has 1 aromatic heterocycles. The Labute approximate surface area is 185 Å². The van der Waals surface area contributed by atoms with Crippen molar-refractivity contribution in [2.75, 3.05) is 0 Å². The molecule has 0 bridgehead atoms. The first-order chi connectivity index (χ1) is 14.8. The van der Waals surface area contributed by atoms with E-state index < -0.39 is 0 Å². The van der Waals surface area contributed by atoms with Gasteiger partial charge in [0.1, 0.15) is 11.8 Å². The molecule has 0 saturated carbocycles. The number of pyridine rings is 1. The third kappa shape index (κ3) is 5.19. The van der Waals surface area contributed by atoms with Gasteiger partial charge in [-0.25, -0.2) is 0 Å². The van der Waals surface area contributed by atoms with E-state index in [1.165, 1.54) is 6.42 Å². The van der Waals surface area contributed by atoms with Crippen LogP contribution in [0.2, 0.25) is 0 Å². The minimum absolute atomic E-state index is 0.0986. The second kappa shape index (κ2) is 9.87. The molecular formula is C26H33N3O2. The first-order valence-electron chi connectivity index (χ1n) is 11.2. The molecule has 0 radical (unpaired) electrons. The van der Waals surface area contributed by atoms with Crippen molar-refractivity contribution in [3.63, 3.8) is 0 Å². The topological polar surface area (TPSA) is 81.0 Å². The summed E-state index contributed by atoms with van der Waals surface area (Å²) in [6, 6.07) is 14.0. The summed E-state index contributed by atoms with van der Waals surface area (Å²) in [5.74, 6) is 1.32. The van der Waals surface area contributed by atoms with E-state index in [9.17, 15) is 10.1 Å². The van der Waals surface area contributed by atoms with E-state index in [-0.39, 0.29) is 17.4 Å². The average molecular weight is 420 g/mol. The smallest absolute Gasteiger partial charge is 0.258 e. The molecule has 164 valence electrons. The van der Waals surface area contributed by atoms with Gasteiger partial charge in [-0.1, -0.05) is 70.4 Å². The van der Waals surface area contributed by atoms with Gasteiger partial charge < -0.3 is 15.0 Å². The van der Waals surface area contributed by atoms with E-state index in [1.54, 1.807) is 4.57 Å². The Kier molecular flexibility index (Phi) is 7.22. The van der Waals surface area contributed by atoms with Crippen LogP contribution in [0.5, 0.6) is 5.75 Å². The Balaban J connectivity index is 1.97. The maximum absolute atomic E-state index is 13.6. The summed E-state index contributed by atoms with van der Waals surface area (Å²) >= 11 is 0. The molecule has 2 atom stereocenters. The van der Waals surface area contributed by atoms with Crippen molar-refractivity contribution in [1.29, 1.82) is 5.26 Å².